The summed E-state index contributed by atoms with van der Waals surface area (Å²) in [5, 5.41) is 7.85. The van der Waals surface area contributed by atoms with Crippen LogP contribution in [0.1, 0.15) is 0 Å². The monoisotopic (exact) mass is 248 g/mol. The Morgan fingerprint density at radius 2 is 2.25 bits per heavy atom. The van der Waals surface area contributed by atoms with E-state index in [1.54, 1.807) is 0 Å². The summed E-state index contributed by atoms with van der Waals surface area (Å²) in [5.41, 5.74) is 0. The fourth-order valence-corrected chi connectivity index (χ4v) is 2.00. The van der Waals surface area contributed by atoms with Crippen molar-refractivity contribution in [1.82, 2.24) is 0 Å². The Morgan fingerprint density at radius 1 is 1.56 bits per heavy atom. The maximum absolute atomic E-state index is 13.2. The number of rotatable bonds is 5. The second kappa shape index (κ2) is 5.81. The van der Waals surface area contributed by atoms with Gasteiger partial charge in [-0.25, -0.2) is 8.78 Å². The predicted molar refractivity (Wildman–Crippen MR) is 55.5 cm³/mol. The standard InChI is InChI=1S/C10H10F2O3S/c1-15-5-9(10(13)14)16-8-4-6(11)2-3-7(8)12/h2-4,9H,5H2,1H3,(H,13,14). The van der Waals surface area contributed by atoms with Gasteiger partial charge in [-0.1, -0.05) is 0 Å². The van der Waals surface area contributed by atoms with E-state index in [1.807, 2.05) is 0 Å². The number of thioether (sulfide) groups is 1. The summed E-state index contributed by atoms with van der Waals surface area (Å²) in [4.78, 5) is 10.7. The summed E-state index contributed by atoms with van der Waals surface area (Å²) in [6.07, 6.45) is 0. The Labute approximate surface area is 95.4 Å². The van der Waals surface area contributed by atoms with E-state index in [0.29, 0.717) is 0 Å². The van der Waals surface area contributed by atoms with Crippen LogP contribution in [0.3, 0.4) is 0 Å². The molecule has 16 heavy (non-hydrogen) atoms. The van der Waals surface area contributed by atoms with Gasteiger partial charge in [0.1, 0.15) is 16.9 Å². The summed E-state index contributed by atoms with van der Waals surface area (Å²) in [7, 11) is 1.35. The minimum Gasteiger partial charge on any atom is -0.480 e. The molecule has 1 aromatic rings. The first-order chi connectivity index (χ1) is 7.54. The van der Waals surface area contributed by atoms with Gasteiger partial charge in [-0.05, 0) is 18.2 Å². The Hall–Kier alpha value is -1.14. The molecule has 88 valence electrons. The van der Waals surface area contributed by atoms with Crippen molar-refractivity contribution >= 4 is 17.7 Å². The average molecular weight is 248 g/mol. The molecule has 0 radical (unpaired) electrons. The quantitative estimate of drug-likeness (QED) is 0.811. The summed E-state index contributed by atoms with van der Waals surface area (Å²) in [6.45, 7) is -0.0735. The van der Waals surface area contributed by atoms with Gasteiger partial charge in [-0.3, -0.25) is 4.79 Å². The Bertz CT molecular complexity index is 384. The van der Waals surface area contributed by atoms with Crippen LogP contribution >= 0.6 is 11.8 Å². The van der Waals surface area contributed by atoms with Crippen molar-refractivity contribution in [3.05, 3.63) is 29.8 Å². The number of carboxylic acids is 1. The van der Waals surface area contributed by atoms with Gasteiger partial charge in [-0.15, -0.1) is 11.8 Å². The lowest BCUT2D eigenvalue weighted by molar-refractivity contribution is -0.137. The van der Waals surface area contributed by atoms with Crippen LogP contribution < -0.4 is 0 Å². The van der Waals surface area contributed by atoms with Crippen LogP contribution in [0.15, 0.2) is 23.1 Å². The highest BCUT2D eigenvalue weighted by atomic mass is 32.2. The van der Waals surface area contributed by atoms with Crippen molar-refractivity contribution < 1.29 is 23.4 Å². The normalized spacial score (nSPS) is 12.4. The molecule has 0 aliphatic rings. The maximum Gasteiger partial charge on any atom is 0.319 e. The molecule has 0 heterocycles. The number of halogens is 2. The number of aliphatic carboxylic acids is 1. The van der Waals surface area contributed by atoms with Crippen molar-refractivity contribution in [3.8, 4) is 0 Å². The van der Waals surface area contributed by atoms with Crippen LogP contribution in [-0.2, 0) is 9.53 Å². The molecule has 6 heteroatoms. The molecule has 1 N–H and O–H groups in total. The first kappa shape index (κ1) is 12.9. The van der Waals surface area contributed by atoms with Crippen LogP contribution in [0, 0.1) is 11.6 Å². The lowest BCUT2D eigenvalue weighted by Crippen LogP contribution is -2.21. The lowest BCUT2D eigenvalue weighted by atomic mass is 10.3. The topological polar surface area (TPSA) is 46.5 Å². The van der Waals surface area contributed by atoms with Crippen molar-refractivity contribution in [1.29, 1.82) is 0 Å². The van der Waals surface area contributed by atoms with E-state index in [9.17, 15) is 13.6 Å². The minimum absolute atomic E-state index is 0.0375. The summed E-state index contributed by atoms with van der Waals surface area (Å²) in [6, 6.07) is 2.90. The maximum atomic E-state index is 13.2. The van der Waals surface area contributed by atoms with Crippen molar-refractivity contribution in [3.63, 3.8) is 0 Å². The van der Waals surface area contributed by atoms with Gasteiger partial charge in [0.25, 0.3) is 0 Å². The number of hydrogen-bond donors (Lipinski definition) is 1. The summed E-state index contributed by atoms with van der Waals surface area (Å²) >= 11 is 0.723. The van der Waals surface area contributed by atoms with Crippen LogP contribution in [0.25, 0.3) is 0 Å². The molecule has 0 saturated carbocycles. The van der Waals surface area contributed by atoms with E-state index >= 15 is 0 Å². The number of methoxy groups -OCH3 is 1. The van der Waals surface area contributed by atoms with E-state index in [4.69, 9.17) is 5.11 Å². The number of benzene rings is 1. The molecule has 0 aromatic heterocycles. The molecule has 0 saturated heterocycles. The molecule has 1 atom stereocenters. The number of carbonyl (C=O) groups is 1. The molecule has 1 aromatic carbocycles. The molecule has 1 unspecified atom stereocenters. The molecule has 0 amide bonds. The van der Waals surface area contributed by atoms with E-state index in [-0.39, 0.29) is 11.5 Å². The van der Waals surface area contributed by atoms with Crippen molar-refractivity contribution in [2.45, 2.75) is 10.1 Å². The molecule has 3 nitrogen and oxygen atoms in total. The summed E-state index contributed by atoms with van der Waals surface area (Å²) < 4.78 is 30.7. The second-order valence-electron chi connectivity index (χ2n) is 2.97. The number of hydrogen-bond acceptors (Lipinski definition) is 3. The SMILES string of the molecule is COCC(Sc1cc(F)ccc1F)C(=O)O. The van der Waals surface area contributed by atoms with Crippen LogP contribution in [0.5, 0.6) is 0 Å². The molecule has 0 bridgehead atoms. The van der Waals surface area contributed by atoms with Gasteiger partial charge in [0.05, 0.1) is 6.61 Å². The van der Waals surface area contributed by atoms with Crippen molar-refractivity contribution in [2.24, 2.45) is 0 Å². The van der Waals surface area contributed by atoms with E-state index in [1.165, 1.54) is 7.11 Å². The Kier molecular flexibility index (Phi) is 4.70. The highest BCUT2D eigenvalue weighted by Gasteiger charge is 2.20. The largest absolute Gasteiger partial charge is 0.480 e. The first-order valence-corrected chi connectivity index (χ1v) is 5.26. The highest BCUT2D eigenvalue weighted by molar-refractivity contribution is 8.00. The predicted octanol–water partition coefficient (Wildman–Crippen LogP) is 2.16. The van der Waals surface area contributed by atoms with Gasteiger partial charge < -0.3 is 9.84 Å². The number of ether oxygens (including phenoxy) is 1. The van der Waals surface area contributed by atoms with E-state index in [0.717, 1.165) is 30.0 Å². The highest BCUT2D eigenvalue weighted by Crippen LogP contribution is 2.27. The second-order valence-corrected chi connectivity index (χ2v) is 4.22. The zero-order valence-electron chi connectivity index (χ0n) is 8.44. The molecule has 0 aliphatic heterocycles. The van der Waals surface area contributed by atoms with Gasteiger partial charge in [0.2, 0.25) is 0 Å². The van der Waals surface area contributed by atoms with Gasteiger partial charge >= 0.3 is 5.97 Å². The van der Waals surface area contributed by atoms with Gasteiger partial charge in [0, 0.05) is 12.0 Å². The van der Waals surface area contributed by atoms with Gasteiger partial charge in [0.15, 0.2) is 0 Å². The van der Waals surface area contributed by atoms with Crippen LogP contribution in [-0.4, -0.2) is 30.0 Å². The molecule has 0 fully saturated rings. The summed E-state index contributed by atoms with van der Waals surface area (Å²) in [5.74, 6) is -2.38. The van der Waals surface area contributed by atoms with Crippen LogP contribution in [0.4, 0.5) is 8.78 Å². The molecule has 1 rings (SSSR count). The fraction of sp³-hybridized carbons (Fsp3) is 0.300. The smallest absolute Gasteiger partial charge is 0.319 e. The molecule has 0 aliphatic carbocycles. The minimum atomic E-state index is -1.13. The van der Waals surface area contributed by atoms with E-state index in [2.05, 4.69) is 4.74 Å². The zero-order chi connectivity index (χ0) is 12.1. The first-order valence-electron chi connectivity index (χ1n) is 4.38. The third kappa shape index (κ3) is 3.46. The van der Waals surface area contributed by atoms with Crippen molar-refractivity contribution in [2.75, 3.05) is 13.7 Å². The fourth-order valence-electron chi connectivity index (χ4n) is 1.03. The number of carboxylic acid groups (broad SMARTS) is 1. The zero-order valence-corrected chi connectivity index (χ0v) is 9.26. The van der Waals surface area contributed by atoms with Crippen LogP contribution in [0.2, 0.25) is 0 Å². The van der Waals surface area contributed by atoms with E-state index < -0.39 is 22.9 Å². The third-order valence-electron chi connectivity index (χ3n) is 1.76. The molecule has 0 spiro atoms. The Balaban J connectivity index is 2.84. The molecular formula is C10H10F2O3S. The lowest BCUT2D eigenvalue weighted by Gasteiger charge is -2.11. The Morgan fingerprint density at radius 3 is 2.81 bits per heavy atom. The van der Waals surface area contributed by atoms with Gasteiger partial charge in [-0.2, -0.15) is 0 Å². The average Bonchev–Trinajstić information content (AvgIpc) is 2.22. The molecular weight excluding hydrogens is 238 g/mol. The third-order valence-corrected chi connectivity index (χ3v) is 2.94.